The van der Waals surface area contributed by atoms with E-state index in [0.29, 0.717) is 6.54 Å². The molecular weight excluding hydrogens is 288 g/mol. The highest BCUT2D eigenvalue weighted by atomic mass is 16.4. The van der Waals surface area contributed by atoms with Gasteiger partial charge in [0, 0.05) is 38.6 Å². The fourth-order valence-corrected chi connectivity index (χ4v) is 2.79. The molecule has 0 radical (unpaired) electrons. The molecule has 3 amide bonds. The molecule has 4 N–H and O–H groups in total. The lowest BCUT2D eigenvalue weighted by molar-refractivity contribution is -0.141. The topological polar surface area (TPSA) is 116 Å². The molecule has 0 aromatic carbocycles. The van der Waals surface area contributed by atoms with Gasteiger partial charge >= 0.3 is 12.0 Å². The first-order valence-electron chi connectivity index (χ1n) is 7.50. The van der Waals surface area contributed by atoms with E-state index >= 15 is 0 Å². The number of nitrogens with zero attached hydrogens (tertiary/aromatic N) is 2. The maximum absolute atomic E-state index is 12.7. The summed E-state index contributed by atoms with van der Waals surface area (Å²) in [4.78, 5) is 38.2. The number of urea groups is 1. The number of hydrogen-bond donors (Lipinski definition) is 3. The number of hydrogen-bond acceptors (Lipinski definition) is 4. The minimum absolute atomic E-state index is 0.000908. The lowest BCUT2D eigenvalue weighted by Crippen LogP contribution is -2.54. The van der Waals surface area contributed by atoms with Crippen LogP contribution in [0.3, 0.4) is 0 Å². The Labute approximate surface area is 130 Å². The number of carboxylic acid groups (broad SMARTS) is 1. The van der Waals surface area contributed by atoms with Crippen molar-refractivity contribution in [2.45, 2.75) is 45.8 Å². The molecule has 126 valence electrons. The highest BCUT2D eigenvalue weighted by molar-refractivity contribution is 5.79. The van der Waals surface area contributed by atoms with Crippen LogP contribution in [0.4, 0.5) is 4.79 Å². The molecule has 0 aliphatic carbocycles. The van der Waals surface area contributed by atoms with E-state index in [1.54, 1.807) is 4.90 Å². The predicted octanol–water partition coefficient (Wildman–Crippen LogP) is -0.315. The smallest absolute Gasteiger partial charge is 0.320 e. The Hall–Kier alpha value is -1.83. The predicted molar refractivity (Wildman–Crippen MR) is 81.2 cm³/mol. The Kier molecular flexibility index (Phi) is 6.16. The summed E-state index contributed by atoms with van der Waals surface area (Å²) in [7, 11) is 0. The summed E-state index contributed by atoms with van der Waals surface area (Å²) in [5.74, 6) is -2.09. The summed E-state index contributed by atoms with van der Waals surface area (Å²) in [6.45, 7) is 7.76. The van der Waals surface area contributed by atoms with Gasteiger partial charge in [-0.3, -0.25) is 9.59 Å². The quantitative estimate of drug-likeness (QED) is 0.643. The molecule has 0 spiro atoms. The second kappa shape index (κ2) is 7.44. The Balaban J connectivity index is 2.98. The maximum Gasteiger partial charge on any atom is 0.320 e. The Morgan fingerprint density at radius 2 is 2.00 bits per heavy atom. The molecule has 3 atom stereocenters. The summed E-state index contributed by atoms with van der Waals surface area (Å²) >= 11 is 0. The molecule has 8 nitrogen and oxygen atoms in total. The van der Waals surface area contributed by atoms with Crippen molar-refractivity contribution >= 4 is 17.9 Å². The zero-order chi connectivity index (χ0) is 17.0. The van der Waals surface area contributed by atoms with Crippen molar-refractivity contribution in [1.29, 1.82) is 0 Å². The molecule has 1 aliphatic heterocycles. The Bertz CT molecular complexity index is 441. The van der Waals surface area contributed by atoms with Crippen LogP contribution in [0.5, 0.6) is 0 Å². The van der Waals surface area contributed by atoms with Gasteiger partial charge in [0.25, 0.3) is 0 Å². The van der Waals surface area contributed by atoms with Gasteiger partial charge in [-0.1, -0.05) is 0 Å². The minimum Gasteiger partial charge on any atom is -0.481 e. The number of carbonyl (C=O) groups excluding carboxylic acids is 2. The number of carboxylic acids is 1. The van der Waals surface area contributed by atoms with Crippen molar-refractivity contribution in [3.63, 3.8) is 0 Å². The molecule has 1 rings (SSSR count). The van der Waals surface area contributed by atoms with Crippen molar-refractivity contribution in [3.8, 4) is 0 Å². The lowest BCUT2D eigenvalue weighted by Gasteiger charge is -2.34. The SMILES string of the molecule is CCN(C(=O)N1C[C@H](C(=O)O)[C@H](N)[C@@H]1CNC(C)=O)C(C)C. The van der Waals surface area contributed by atoms with Crippen LogP contribution in [0.2, 0.25) is 0 Å². The highest BCUT2D eigenvalue weighted by Crippen LogP contribution is 2.24. The number of carbonyl (C=O) groups is 3. The second-order valence-electron chi connectivity index (χ2n) is 5.84. The van der Waals surface area contributed by atoms with E-state index in [0.717, 1.165) is 0 Å². The Morgan fingerprint density at radius 1 is 1.41 bits per heavy atom. The molecule has 0 aromatic rings. The largest absolute Gasteiger partial charge is 0.481 e. The molecule has 0 aromatic heterocycles. The van der Waals surface area contributed by atoms with Gasteiger partial charge in [-0.15, -0.1) is 0 Å². The van der Waals surface area contributed by atoms with Gasteiger partial charge < -0.3 is 26.0 Å². The van der Waals surface area contributed by atoms with Crippen LogP contribution in [-0.2, 0) is 9.59 Å². The number of amides is 3. The van der Waals surface area contributed by atoms with Gasteiger partial charge in [-0.25, -0.2) is 4.79 Å². The fraction of sp³-hybridized carbons (Fsp3) is 0.786. The Morgan fingerprint density at radius 3 is 2.41 bits per heavy atom. The monoisotopic (exact) mass is 314 g/mol. The third-order valence-electron chi connectivity index (χ3n) is 4.04. The molecule has 1 saturated heterocycles. The van der Waals surface area contributed by atoms with E-state index in [2.05, 4.69) is 5.32 Å². The van der Waals surface area contributed by atoms with Crippen LogP contribution in [0, 0.1) is 5.92 Å². The van der Waals surface area contributed by atoms with E-state index in [1.807, 2.05) is 20.8 Å². The number of nitrogens with one attached hydrogen (secondary N) is 1. The number of aliphatic carboxylic acids is 1. The van der Waals surface area contributed by atoms with Crippen molar-refractivity contribution in [2.24, 2.45) is 11.7 Å². The van der Waals surface area contributed by atoms with Gasteiger partial charge in [0.05, 0.1) is 12.0 Å². The van der Waals surface area contributed by atoms with Crippen LogP contribution in [-0.4, -0.2) is 70.6 Å². The first kappa shape index (κ1) is 18.2. The summed E-state index contributed by atoms with van der Waals surface area (Å²) in [6, 6.07) is -1.48. The van der Waals surface area contributed by atoms with E-state index in [-0.39, 0.29) is 31.1 Å². The lowest BCUT2D eigenvalue weighted by atomic mass is 10.00. The average molecular weight is 314 g/mol. The fourth-order valence-electron chi connectivity index (χ4n) is 2.79. The van der Waals surface area contributed by atoms with E-state index in [9.17, 15) is 19.5 Å². The summed E-state index contributed by atoms with van der Waals surface area (Å²) in [5, 5.41) is 11.9. The summed E-state index contributed by atoms with van der Waals surface area (Å²) < 4.78 is 0. The number of nitrogens with two attached hydrogens (primary N) is 1. The zero-order valence-corrected chi connectivity index (χ0v) is 13.6. The zero-order valence-electron chi connectivity index (χ0n) is 13.6. The number of rotatable bonds is 5. The van der Waals surface area contributed by atoms with Gasteiger partial charge in [0.15, 0.2) is 0 Å². The van der Waals surface area contributed by atoms with Crippen molar-refractivity contribution in [3.05, 3.63) is 0 Å². The number of likely N-dealkylation sites (tertiary alicyclic amines) is 1. The van der Waals surface area contributed by atoms with Crippen molar-refractivity contribution in [2.75, 3.05) is 19.6 Å². The molecule has 0 unspecified atom stereocenters. The van der Waals surface area contributed by atoms with Gasteiger partial charge in [0.1, 0.15) is 0 Å². The second-order valence-corrected chi connectivity index (χ2v) is 5.84. The molecule has 1 heterocycles. The molecule has 1 aliphatic rings. The van der Waals surface area contributed by atoms with E-state index in [4.69, 9.17) is 5.73 Å². The first-order chi connectivity index (χ1) is 10.2. The van der Waals surface area contributed by atoms with Gasteiger partial charge in [0.2, 0.25) is 5.91 Å². The van der Waals surface area contributed by atoms with Gasteiger partial charge in [-0.05, 0) is 20.8 Å². The minimum atomic E-state index is -1.02. The van der Waals surface area contributed by atoms with Crippen LogP contribution in [0.15, 0.2) is 0 Å². The standard InChI is InChI=1S/C14H26N4O4/c1-5-17(8(2)3)14(22)18-7-10(13(20)21)12(15)11(18)6-16-9(4)19/h8,10-12H,5-7,15H2,1-4H3,(H,16,19)(H,20,21)/t10-,11-,12-/m0/s1. The van der Waals surface area contributed by atoms with Crippen molar-refractivity contribution < 1.29 is 19.5 Å². The molecule has 0 saturated carbocycles. The summed E-state index contributed by atoms with van der Waals surface area (Å²) in [6.07, 6.45) is 0. The highest BCUT2D eigenvalue weighted by Gasteiger charge is 2.46. The molecule has 0 bridgehead atoms. The van der Waals surface area contributed by atoms with Crippen LogP contribution in [0.25, 0.3) is 0 Å². The van der Waals surface area contributed by atoms with E-state index in [1.165, 1.54) is 11.8 Å². The average Bonchev–Trinajstić information content (AvgIpc) is 2.73. The third kappa shape index (κ3) is 3.88. The normalized spacial score (nSPS) is 24.5. The van der Waals surface area contributed by atoms with Crippen molar-refractivity contribution in [1.82, 2.24) is 15.1 Å². The first-order valence-corrected chi connectivity index (χ1v) is 7.50. The summed E-state index contributed by atoms with van der Waals surface area (Å²) in [5.41, 5.74) is 6.01. The molecular formula is C14H26N4O4. The van der Waals surface area contributed by atoms with Crippen LogP contribution >= 0.6 is 0 Å². The van der Waals surface area contributed by atoms with Crippen LogP contribution in [0.1, 0.15) is 27.7 Å². The third-order valence-corrected chi connectivity index (χ3v) is 4.04. The van der Waals surface area contributed by atoms with Gasteiger partial charge in [-0.2, -0.15) is 0 Å². The molecule has 8 heteroatoms. The molecule has 22 heavy (non-hydrogen) atoms. The molecule has 1 fully saturated rings. The maximum atomic E-state index is 12.7. The van der Waals surface area contributed by atoms with Crippen LogP contribution < -0.4 is 11.1 Å². The van der Waals surface area contributed by atoms with E-state index < -0.39 is 24.0 Å².